The van der Waals surface area contributed by atoms with Gasteiger partial charge in [0, 0.05) is 37.6 Å². The molecule has 1 saturated heterocycles. The zero-order valence-electron chi connectivity index (χ0n) is 17.1. The summed E-state index contributed by atoms with van der Waals surface area (Å²) < 4.78 is 18.3. The van der Waals surface area contributed by atoms with E-state index in [-0.39, 0.29) is 11.7 Å². The van der Waals surface area contributed by atoms with Crippen molar-refractivity contribution in [1.29, 1.82) is 0 Å². The van der Waals surface area contributed by atoms with Gasteiger partial charge in [-0.3, -0.25) is 13.9 Å². The molecule has 1 amide bonds. The van der Waals surface area contributed by atoms with Crippen LogP contribution >= 0.6 is 0 Å². The molecule has 0 radical (unpaired) electrons. The molecule has 3 aromatic rings. The monoisotopic (exact) mass is 422 g/mol. The molecule has 4 rings (SSSR count). The minimum Gasteiger partial charge on any atom is -0.455 e. The van der Waals surface area contributed by atoms with E-state index in [1.54, 1.807) is 12.1 Å². The average molecular weight is 423 g/mol. The predicted molar refractivity (Wildman–Crippen MR) is 118 cm³/mol. The fourth-order valence-electron chi connectivity index (χ4n) is 3.65. The first-order valence-corrected chi connectivity index (χ1v) is 11.5. The molecule has 1 aliphatic heterocycles. The molecule has 0 spiro atoms. The van der Waals surface area contributed by atoms with Gasteiger partial charge < -0.3 is 9.32 Å². The van der Waals surface area contributed by atoms with Crippen molar-refractivity contribution in [2.75, 3.05) is 26.2 Å². The quantitative estimate of drug-likeness (QED) is 0.605. The SMILES string of the molecule is Cc1cccc([S@](=O)Cc2ccc(C(=O)N3CCN(Cc4ccccc4)CC3)o2)c1. The summed E-state index contributed by atoms with van der Waals surface area (Å²) in [6, 6.07) is 21.5. The summed E-state index contributed by atoms with van der Waals surface area (Å²) in [6.45, 7) is 5.91. The second-order valence-electron chi connectivity index (χ2n) is 7.63. The number of furan rings is 1. The van der Waals surface area contributed by atoms with Gasteiger partial charge in [0.15, 0.2) is 5.76 Å². The molecule has 0 N–H and O–H groups in total. The van der Waals surface area contributed by atoms with E-state index < -0.39 is 10.8 Å². The van der Waals surface area contributed by atoms with Crippen molar-refractivity contribution < 1.29 is 13.4 Å². The van der Waals surface area contributed by atoms with Crippen LogP contribution in [0.1, 0.15) is 27.4 Å². The van der Waals surface area contributed by atoms with Crippen LogP contribution < -0.4 is 0 Å². The number of carbonyl (C=O) groups excluding carboxylic acids is 1. The highest BCUT2D eigenvalue weighted by Crippen LogP contribution is 2.18. The Labute approximate surface area is 179 Å². The molecule has 1 aliphatic rings. The molecule has 156 valence electrons. The zero-order chi connectivity index (χ0) is 20.9. The average Bonchev–Trinajstić information content (AvgIpc) is 3.23. The number of nitrogens with zero attached hydrogens (tertiary/aromatic N) is 2. The van der Waals surface area contributed by atoms with Crippen molar-refractivity contribution in [2.24, 2.45) is 0 Å². The molecule has 0 bridgehead atoms. The van der Waals surface area contributed by atoms with Crippen LogP contribution in [0.15, 0.2) is 76.0 Å². The van der Waals surface area contributed by atoms with Gasteiger partial charge in [-0.05, 0) is 42.3 Å². The smallest absolute Gasteiger partial charge is 0.289 e. The maximum absolute atomic E-state index is 12.8. The Bertz CT molecular complexity index is 1020. The van der Waals surface area contributed by atoms with Crippen LogP contribution in [0.4, 0.5) is 0 Å². The molecule has 0 unspecified atom stereocenters. The minimum absolute atomic E-state index is 0.0954. The van der Waals surface area contributed by atoms with Crippen molar-refractivity contribution >= 4 is 16.7 Å². The lowest BCUT2D eigenvalue weighted by molar-refractivity contribution is 0.0596. The van der Waals surface area contributed by atoms with Crippen LogP contribution in [0.25, 0.3) is 0 Å². The molecule has 0 saturated carbocycles. The summed E-state index contributed by atoms with van der Waals surface area (Å²) in [5, 5.41) is 0. The van der Waals surface area contributed by atoms with Gasteiger partial charge in [-0.2, -0.15) is 0 Å². The molecule has 0 aliphatic carbocycles. The number of amides is 1. The molecule has 1 fully saturated rings. The fourth-order valence-corrected chi connectivity index (χ4v) is 4.77. The molecule has 6 heteroatoms. The van der Waals surface area contributed by atoms with Gasteiger partial charge in [-0.1, -0.05) is 42.5 Å². The highest BCUT2D eigenvalue weighted by molar-refractivity contribution is 7.84. The van der Waals surface area contributed by atoms with E-state index in [0.29, 0.717) is 24.6 Å². The van der Waals surface area contributed by atoms with Crippen LogP contribution in [0, 0.1) is 6.92 Å². The number of piperazine rings is 1. The summed E-state index contributed by atoms with van der Waals surface area (Å²) in [7, 11) is -1.20. The summed E-state index contributed by atoms with van der Waals surface area (Å²) in [5.41, 5.74) is 2.36. The first-order valence-electron chi connectivity index (χ1n) is 10.2. The number of rotatable bonds is 6. The van der Waals surface area contributed by atoms with E-state index in [0.717, 1.165) is 30.1 Å². The minimum atomic E-state index is -1.20. The maximum atomic E-state index is 12.8. The summed E-state index contributed by atoms with van der Waals surface area (Å²) in [4.78, 5) is 17.8. The molecule has 30 heavy (non-hydrogen) atoms. The first kappa shape index (κ1) is 20.6. The van der Waals surface area contributed by atoms with Gasteiger partial charge in [0.1, 0.15) is 5.76 Å². The standard InChI is InChI=1S/C24H26N2O3S/c1-19-6-5-9-22(16-19)30(28)18-21-10-11-23(29-21)24(27)26-14-12-25(13-15-26)17-20-7-3-2-4-8-20/h2-11,16H,12-15,17-18H2,1H3/t30-/m1/s1. The topological polar surface area (TPSA) is 53.8 Å². The van der Waals surface area contributed by atoms with E-state index >= 15 is 0 Å². The van der Waals surface area contributed by atoms with Crippen LogP contribution in [0.2, 0.25) is 0 Å². The van der Waals surface area contributed by atoms with Gasteiger partial charge in [0.2, 0.25) is 0 Å². The van der Waals surface area contributed by atoms with Crippen molar-refractivity contribution in [1.82, 2.24) is 9.80 Å². The highest BCUT2D eigenvalue weighted by atomic mass is 32.2. The molecular formula is C24H26N2O3S. The van der Waals surface area contributed by atoms with Gasteiger partial charge in [0.05, 0.1) is 16.6 Å². The predicted octanol–water partition coefficient (Wildman–Crippen LogP) is 3.85. The van der Waals surface area contributed by atoms with E-state index in [9.17, 15) is 9.00 Å². The number of benzene rings is 2. The van der Waals surface area contributed by atoms with E-state index in [4.69, 9.17) is 4.42 Å². The van der Waals surface area contributed by atoms with Crippen molar-refractivity contribution in [2.45, 2.75) is 24.1 Å². The van der Waals surface area contributed by atoms with Crippen molar-refractivity contribution in [3.05, 3.63) is 89.4 Å². The fraction of sp³-hybridized carbons (Fsp3) is 0.292. The van der Waals surface area contributed by atoms with E-state index in [2.05, 4.69) is 29.2 Å². The number of hydrogen-bond donors (Lipinski definition) is 0. The van der Waals surface area contributed by atoms with Gasteiger partial charge >= 0.3 is 0 Å². The van der Waals surface area contributed by atoms with Gasteiger partial charge in [0.25, 0.3) is 5.91 Å². The molecule has 1 atom stereocenters. The third kappa shape index (κ3) is 5.07. The lowest BCUT2D eigenvalue weighted by atomic mass is 10.2. The first-order chi connectivity index (χ1) is 14.6. The Balaban J connectivity index is 1.31. The van der Waals surface area contributed by atoms with E-state index in [1.807, 2.05) is 42.2 Å². The lowest BCUT2D eigenvalue weighted by Gasteiger charge is -2.34. The molecule has 2 aromatic carbocycles. The number of hydrogen-bond acceptors (Lipinski definition) is 4. The maximum Gasteiger partial charge on any atom is 0.289 e. The molecular weight excluding hydrogens is 396 g/mol. The highest BCUT2D eigenvalue weighted by Gasteiger charge is 2.24. The Hall–Kier alpha value is -2.70. The lowest BCUT2D eigenvalue weighted by Crippen LogP contribution is -2.48. The van der Waals surface area contributed by atoms with Crippen LogP contribution in [-0.2, 0) is 23.1 Å². The van der Waals surface area contributed by atoms with Crippen LogP contribution in [0.3, 0.4) is 0 Å². The zero-order valence-corrected chi connectivity index (χ0v) is 17.9. The Morgan fingerprint density at radius 1 is 0.967 bits per heavy atom. The molecule has 2 heterocycles. The van der Waals surface area contributed by atoms with E-state index in [1.165, 1.54) is 5.56 Å². The molecule has 1 aromatic heterocycles. The normalized spacial score (nSPS) is 15.8. The van der Waals surface area contributed by atoms with Crippen molar-refractivity contribution in [3.8, 4) is 0 Å². The Morgan fingerprint density at radius 2 is 1.73 bits per heavy atom. The van der Waals surface area contributed by atoms with Crippen LogP contribution in [-0.4, -0.2) is 46.1 Å². The van der Waals surface area contributed by atoms with Gasteiger partial charge in [-0.25, -0.2) is 0 Å². The summed E-state index contributed by atoms with van der Waals surface area (Å²) in [6.07, 6.45) is 0. The second kappa shape index (κ2) is 9.41. The van der Waals surface area contributed by atoms with Crippen LogP contribution in [0.5, 0.6) is 0 Å². The summed E-state index contributed by atoms with van der Waals surface area (Å²) >= 11 is 0. The Morgan fingerprint density at radius 3 is 2.47 bits per heavy atom. The Kier molecular flexibility index (Phi) is 6.45. The molecule has 5 nitrogen and oxygen atoms in total. The summed E-state index contributed by atoms with van der Waals surface area (Å²) in [5.74, 6) is 1.06. The number of carbonyl (C=O) groups is 1. The largest absolute Gasteiger partial charge is 0.455 e. The number of aryl methyl sites for hydroxylation is 1. The van der Waals surface area contributed by atoms with Crippen molar-refractivity contribution in [3.63, 3.8) is 0 Å². The van der Waals surface area contributed by atoms with Gasteiger partial charge in [-0.15, -0.1) is 0 Å². The third-order valence-corrected chi connectivity index (χ3v) is 6.63. The second-order valence-corrected chi connectivity index (χ2v) is 9.08. The third-order valence-electron chi connectivity index (χ3n) is 5.31.